The van der Waals surface area contributed by atoms with Gasteiger partial charge in [0.15, 0.2) is 5.69 Å². The monoisotopic (exact) mass is 300 g/mol. The molecule has 6 nitrogen and oxygen atoms in total. The van der Waals surface area contributed by atoms with Crippen molar-refractivity contribution in [3.8, 4) is 0 Å². The molecule has 0 fully saturated rings. The second kappa shape index (κ2) is 5.27. The van der Waals surface area contributed by atoms with Crippen LogP contribution in [0.25, 0.3) is 0 Å². The number of alkyl halides is 3. The number of rotatable bonds is 3. The summed E-state index contributed by atoms with van der Waals surface area (Å²) in [5.41, 5.74) is -1.05. The molecule has 1 aromatic heterocycles. The molecule has 0 atom stereocenters. The molecule has 2 N–H and O–H groups in total. The number of carbonyl (C=O) groups is 2. The standard InChI is InChI=1S/C12H7F3N2O4/c13-12(14,15)6-1-3-7(4-2-6)16-10(18)8-5-9(11(19)20)21-17-8/h1-5H,(H,16,18)(H,19,20). The lowest BCUT2D eigenvalue weighted by Crippen LogP contribution is -2.12. The van der Waals surface area contributed by atoms with Crippen LogP contribution in [0.1, 0.15) is 26.6 Å². The highest BCUT2D eigenvalue weighted by atomic mass is 19.4. The molecule has 1 amide bonds. The molecule has 1 heterocycles. The van der Waals surface area contributed by atoms with Gasteiger partial charge in [0.1, 0.15) is 0 Å². The molecule has 2 aromatic rings. The number of amides is 1. The van der Waals surface area contributed by atoms with Crippen molar-refractivity contribution in [3.05, 3.63) is 47.3 Å². The average molecular weight is 300 g/mol. The predicted molar refractivity (Wildman–Crippen MR) is 62.9 cm³/mol. The number of benzene rings is 1. The van der Waals surface area contributed by atoms with Gasteiger partial charge in [0, 0.05) is 11.8 Å². The third kappa shape index (κ3) is 3.38. The molecule has 0 aliphatic heterocycles. The third-order valence-corrected chi connectivity index (χ3v) is 2.42. The van der Waals surface area contributed by atoms with Crippen LogP contribution in [0.4, 0.5) is 18.9 Å². The first-order valence-corrected chi connectivity index (χ1v) is 5.46. The highest BCUT2D eigenvalue weighted by Crippen LogP contribution is 2.29. The first-order chi connectivity index (χ1) is 9.77. The van der Waals surface area contributed by atoms with E-state index in [0.717, 1.165) is 30.3 Å². The molecule has 110 valence electrons. The van der Waals surface area contributed by atoms with E-state index < -0.39 is 29.4 Å². The molecule has 2 rings (SSSR count). The molecule has 21 heavy (non-hydrogen) atoms. The van der Waals surface area contributed by atoms with Crippen LogP contribution >= 0.6 is 0 Å². The first-order valence-electron chi connectivity index (χ1n) is 5.46. The van der Waals surface area contributed by atoms with Crippen LogP contribution in [0.2, 0.25) is 0 Å². The summed E-state index contributed by atoms with van der Waals surface area (Å²) in [6.07, 6.45) is -4.47. The van der Waals surface area contributed by atoms with Gasteiger partial charge in [0.05, 0.1) is 5.56 Å². The largest absolute Gasteiger partial charge is 0.475 e. The minimum atomic E-state index is -4.47. The quantitative estimate of drug-likeness (QED) is 0.909. The zero-order valence-corrected chi connectivity index (χ0v) is 10.1. The van der Waals surface area contributed by atoms with Gasteiger partial charge >= 0.3 is 12.1 Å². The first kappa shape index (κ1) is 14.6. The van der Waals surface area contributed by atoms with E-state index in [-0.39, 0.29) is 11.4 Å². The number of hydrogen-bond donors (Lipinski definition) is 2. The summed E-state index contributed by atoms with van der Waals surface area (Å²) in [5.74, 6) is -2.71. The minimum absolute atomic E-state index is 0.105. The summed E-state index contributed by atoms with van der Waals surface area (Å²) in [5, 5.41) is 14.1. The molecule has 9 heteroatoms. The Morgan fingerprint density at radius 3 is 2.29 bits per heavy atom. The van der Waals surface area contributed by atoms with Crippen molar-refractivity contribution in [2.75, 3.05) is 5.32 Å². The van der Waals surface area contributed by atoms with Gasteiger partial charge in [0.25, 0.3) is 5.91 Å². The van der Waals surface area contributed by atoms with E-state index in [9.17, 15) is 22.8 Å². The zero-order valence-electron chi connectivity index (χ0n) is 10.1. The second-order valence-corrected chi connectivity index (χ2v) is 3.91. The van der Waals surface area contributed by atoms with Crippen LogP contribution in [0.15, 0.2) is 34.9 Å². The summed E-state index contributed by atoms with van der Waals surface area (Å²) < 4.78 is 41.5. The lowest BCUT2D eigenvalue weighted by atomic mass is 10.2. The van der Waals surface area contributed by atoms with E-state index in [4.69, 9.17) is 5.11 Å². The van der Waals surface area contributed by atoms with Crippen LogP contribution in [-0.4, -0.2) is 22.1 Å². The molecule has 0 spiro atoms. The van der Waals surface area contributed by atoms with E-state index in [1.54, 1.807) is 0 Å². The van der Waals surface area contributed by atoms with Gasteiger partial charge in [-0.05, 0) is 24.3 Å². The summed E-state index contributed by atoms with van der Waals surface area (Å²) >= 11 is 0. The van der Waals surface area contributed by atoms with Crippen molar-refractivity contribution in [3.63, 3.8) is 0 Å². The van der Waals surface area contributed by atoms with Gasteiger partial charge in [-0.2, -0.15) is 13.2 Å². The van der Waals surface area contributed by atoms with Crippen LogP contribution in [0, 0.1) is 0 Å². The van der Waals surface area contributed by atoms with E-state index in [1.165, 1.54) is 0 Å². The van der Waals surface area contributed by atoms with Crippen molar-refractivity contribution in [1.82, 2.24) is 5.16 Å². The molecule has 0 bridgehead atoms. The van der Waals surface area contributed by atoms with E-state index in [2.05, 4.69) is 15.0 Å². The summed E-state index contributed by atoms with van der Waals surface area (Å²) in [6, 6.07) is 4.65. The molecule has 1 aromatic carbocycles. The number of carboxylic acids is 1. The highest BCUT2D eigenvalue weighted by Gasteiger charge is 2.30. The Labute approximate surface area is 115 Å². The maximum atomic E-state index is 12.4. The number of nitrogens with one attached hydrogen (secondary N) is 1. The Balaban J connectivity index is 2.10. The number of nitrogens with zero attached hydrogens (tertiary/aromatic N) is 1. The van der Waals surface area contributed by atoms with Crippen LogP contribution < -0.4 is 5.32 Å². The smallest absolute Gasteiger partial charge is 0.416 e. The number of hydrogen-bond acceptors (Lipinski definition) is 4. The second-order valence-electron chi connectivity index (χ2n) is 3.91. The molecule has 0 saturated carbocycles. The fourth-order valence-corrected chi connectivity index (χ4v) is 1.42. The molecule has 0 aliphatic rings. The number of aromatic nitrogens is 1. The number of carboxylic acid groups (broad SMARTS) is 1. The van der Waals surface area contributed by atoms with E-state index >= 15 is 0 Å². The molecular weight excluding hydrogens is 293 g/mol. The van der Waals surface area contributed by atoms with Crippen molar-refractivity contribution in [2.24, 2.45) is 0 Å². The van der Waals surface area contributed by atoms with Crippen LogP contribution in [0.5, 0.6) is 0 Å². The minimum Gasteiger partial charge on any atom is -0.475 e. The van der Waals surface area contributed by atoms with Crippen molar-refractivity contribution < 1.29 is 32.4 Å². The van der Waals surface area contributed by atoms with Crippen LogP contribution in [-0.2, 0) is 6.18 Å². The topological polar surface area (TPSA) is 92.4 Å². The predicted octanol–water partition coefficient (Wildman–Crippen LogP) is 2.64. The van der Waals surface area contributed by atoms with E-state index in [1.807, 2.05) is 0 Å². The number of carbonyl (C=O) groups excluding carboxylic acids is 1. The van der Waals surface area contributed by atoms with Gasteiger partial charge in [-0.1, -0.05) is 5.16 Å². The maximum absolute atomic E-state index is 12.4. The lowest BCUT2D eigenvalue weighted by molar-refractivity contribution is -0.137. The fraction of sp³-hybridized carbons (Fsp3) is 0.0833. The molecular formula is C12H7F3N2O4. The van der Waals surface area contributed by atoms with Gasteiger partial charge in [-0.15, -0.1) is 0 Å². The number of anilines is 1. The summed E-state index contributed by atoms with van der Waals surface area (Å²) in [7, 11) is 0. The Morgan fingerprint density at radius 2 is 1.81 bits per heavy atom. The Morgan fingerprint density at radius 1 is 1.19 bits per heavy atom. The summed E-state index contributed by atoms with van der Waals surface area (Å²) in [4.78, 5) is 22.2. The third-order valence-electron chi connectivity index (χ3n) is 2.42. The summed E-state index contributed by atoms with van der Waals surface area (Å²) in [6.45, 7) is 0. The number of aromatic carboxylic acids is 1. The molecule has 0 aliphatic carbocycles. The zero-order chi connectivity index (χ0) is 15.6. The van der Waals surface area contributed by atoms with Crippen molar-refractivity contribution in [1.29, 1.82) is 0 Å². The van der Waals surface area contributed by atoms with E-state index in [0.29, 0.717) is 0 Å². The van der Waals surface area contributed by atoms with Gasteiger partial charge in [-0.25, -0.2) is 4.79 Å². The Hall–Kier alpha value is -2.84. The SMILES string of the molecule is O=C(Nc1ccc(C(F)(F)F)cc1)c1cc(C(=O)O)on1. The van der Waals surface area contributed by atoms with Gasteiger partial charge < -0.3 is 14.9 Å². The van der Waals surface area contributed by atoms with Crippen molar-refractivity contribution >= 4 is 17.6 Å². The number of halogens is 3. The van der Waals surface area contributed by atoms with Crippen molar-refractivity contribution in [2.45, 2.75) is 6.18 Å². The highest BCUT2D eigenvalue weighted by molar-refractivity contribution is 6.03. The van der Waals surface area contributed by atoms with Gasteiger partial charge in [-0.3, -0.25) is 4.79 Å². The molecule has 0 radical (unpaired) electrons. The normalized spacial score (nSPS) is 11.2. The van der Waals surface area contributed by atoms with Gasteiger partial charge in [0.2, 0.25) is 5.76 Å². The lowest BCUT2D eigenvalue weighted by Gasteiger charge is -2.07. The fourth-order valence-electron chi connectivity index (χ4n) is 1.42. The molecule has 0 unspecified atom stereocenters. The molecule has 0 saturated heterocycles. The maximum Gasteiger partial charge on any atom is 0.416 e. The average Bonchev–Trinajstić information content (AvgIpc) is 2.88. The Bertz CT molecular complexity index is 677. The Kier molecular flexibility index (Phi) is 3.66. The van der Waals surface area contributed by atoms with Crippen LogP contribution in [0.3, 0.4) is 0 Å².